The molecular formula is C32H56N12O9. The van der Waals surface area contributed by atoms with Gasteiger partial charge in [0.1, 0.15) is 36.3 Å². The van der Waals surface area contributed by atoms with Crippen LogP contribution in [-0.2, 0) is 40.0 Å². The molecule has 0 spiro atoms. The first-order valence-corrected chi connectivity index (χ1v) is 17.2. The molecule has 6 atom stereocenters. The number of carboxylic acids is 1. The van der Waals surface area contributed by atoms with E-state index in [9.17, 15) is 43.8 Å². The standard InChI is InChI=1S/C32H56N12O9/c1-16(2)9-22(44-30(51)24(11-19-12-36-15-39-19)43-27(48)20(33)14-45)28(49)38-13-25(46)41-23(10-17(3)4)29(50)40-18(5)26(47)42-21(31(52)53)7-6-8-37-32(34)35/h12,15-18,20-24,45H,6-11,13-14,33H2,1-5H3,(H,36,39)(H,38,49)(H,40,50)(H,41,46)(H,42,47)(H,43,48)(H,44,51)(H,52,53)(H4,34,35,37)/t18-,20-,21-,22-,23-,24-/m0/s1. The van der Waals surface area contributed by atoms with E-state index in [4.69, 9.17) is 17.2 Å². The third-order valence-electron chi connectivity index (χ3n) is 7.58. The molecule has 0 aliphatic rings. The van der Waals surface area contributed by atoms with Crippen molar-refractivity contribution in [3.63, 3.8) is 0 Å². The molecule has 15 N–H and O–H groups in total. The van der Waals surface area contributed by atoms with Crippen molar-refractivity contribution in [2.75, 3.05) is 19.7 Å². The second-order valence-corrected chi connectivity index (χ2v) is 13.4. The molecule has 1 heterocycles. The Labute approximate surface area is 307 Å². The van der Waals surface area contributed by atoms with Crippen molar-refractivity contribution in [1.82, 2.24) is 41.9 Å². The normalized spacial score (nSPS) is 14.4. The molecule has 1 aromatic rings. The first kappa shape index (κ1) is 45.7. The van der Waals surface area contributed by atoms with Crippen LogP contribution >= 0.6 is 0 Å². The summed E-state index contributed by atoms with van der Waals surface area (Å²) in [6.45, 7) is 7.54. The quantitative estimate of drug-likeness (QED) is 0.0273. The van der Waals surface area contributed by atoms with E-state index < -0.39 is 90.8 Å². The molecule has 0 aliphatic carbocycles. The van der Waals surface area contributed by atoms with Crippen LogP contribution in [0.2, 0.25) is 0 Å². The highest BCUT2D eigenvalue weighted by Gasteiger charge is 2.31. The number of hydrogen-bond donors (Lipinski definition) is 12. The molecule has 1 aromatic heterocycles. The number of aliphatic carboxylic acids is 1. The maximum Gasteiger partial charge on any atom is 0.326 e. The summed E-state index contributed by atoms with van der Waals surface area (Å²) in [6.07, 6.45) is 3.43. The Morgan fingerprint density at radius 3 is 1.89 bits per heavy atom. The monoisotopic (exact) mass is 752 g/mol. The maximum atomic E-state index is 13.3. The van der Waals surface area contributed by atoms with Gasteiger partial charge in [-0.05, 0) is 44.4 Å². The highest BCUT2D eigenvalue weighted by Crippen LogP contribution is 2.09. The molecule has 21 heteroatoms. The summed E-state index contributed by atoms with van der Waals surface area (Å²) in [5.41, 5.74) is 16.6. The van der Waals surface area contributed by atoms with Gasteiger partial charge in [0.2, 0.25) is 35.4 Å². The number of imidazole rings is 1. The van der Waals surface area contributed by atoms with E-state index >= 15 is 0 Å². The lowest BCUT2D eigenvalue weighted by molar-refractivity contribution is -0.142. The smallest absolute Gasteiger partial charge is 0.326 e. The topological polar surface area (TPSA) is 351 Å². The van der Waals surface area contributed by atoms with Crippen LogP contribution < -0.4 is 49.1 Å². The zero-order valence-corrected chi connectivity index (χ0v) is 30.8. The lowest BCUT2D eigenvalue weighted by Crippen LogP contribution is -2.58. The number of nitrogens with two attached hydrogens (primary N) is 3. The number of nitrogens with one attached hydrogen (secondary N) is 7. The van der Waals surface area contributed by atoms with Gasteiger partial charge in [-0.25, -0.2) is 9.78 Å². The molecule has 0 bridgehead atoms. The molecule has 0 unspecified atom stereocenters. The lowest BCUT2D eigenvalue weighted by Gasteiger charge is -2.25. The number of guanidine groups is 1. The molecule has 21 nitrogen and oxygen atoms in total. The number of aliphatic hydroxyl groups is 1. The molecule has 53 heavy (non-hydrogen) atoms. The van der Waals surface area contributed by atoms with Crippen molar-refractivity contribution < 1.29 is 43.8 Å². The van der Waals surface area contributed by atoms with Gasteiger partial charge in [-0.2, -0.15) is 0 Å². The summed E-state index contributed by atoms with van der Waals surface area (Å²) in [4.78, 5) is 100. The Morgan fingerprint density at radius 2 is 1.36 bits per heavy atom. The third-order valence-corrected chi connectivity index (χ3v) is 7.58. The summed E-state index contributed by atoms with van der Waals surface area (Å²) in [6, 6.07) is -7.16. The summed E-state index contributed by atoms with van der Waals surface area (Å²) >= 11 is 0. The molecule has 298 valence electrons. The first-order chi connectivity index (χ1) is 24.8. The fourth-order valence-electron chi connectivity index (χ4n) is 4.84. The number of hydrogen-bond acceptors (Lipinski definition) is 11. The van der Waals surface area contributed by atoms with Gasteiger partial charge in [0.05, 0.1) is 19.5 Å². The Kier molecular flexibility index (Phi) is 20.1. The van der Waals surface area contributed by atoms with E-state index in [0.29, 0.717) is 5.69 Å². The highest BCUT2D eigenvalue weighted by atomic mass is 16.4. The van der Waals surface area contributed by atoms with Crippen molar-refractivity contribution >= 4 is 47.4 Å². The van der Waals surface area contributed by atoms with Crippen LogP contribution in [0.5, 0.6) is 0 Å². The number of aromatic nitrogens is 2. The fourth-order valence-corrected chi connectivity index (χ4v) is 4.84. The minimum Gasteiger partial charge on any atom is -0.480 e. The molecule has 1 rings (SSSR count). The van der Waals surface area contributed by atoms with Crippen molar-refractivity contribution in [2.45, 2.75) is 103 Å². The van der Waals surface area contributed by atoms with Crippen LogP contribution in [0, 0.1) is 11.8 Å². The molecule has 0 saturated carbocycles. The molecule has 6 amide bonds. The minimum absolute atomic E-state index is 0.0274. The molecule has 0 saturated heterocycles. The number of aliphatic imine (C=N–C) groups is 1. The van der Waals surface area contributed by atoms with E-state index in [1.165, 1.54) is 19.4 Å². The second kappa shape index (κ2) is 23.3. The molecule has 0 radical (unpaired) electrons. The zero-order valence-electron chi connectivity index (χ0n) is 30.8. The summed E-state index contributed by atoms with van der Waals surface area (Å²) < 4.78 is 0. The molecule has 0 aromatic carbocycles. The summed E-state index contributed by atoms with van der Waals surface area (Å²) in [5, 5.41) is 33.7. The predicted octanol–water partition coefficient (Wildman–Crippen LogP) is -3.94. The highest BCUT2D eigenvalue weighted by molar-refractivity contribution is 5.96. The van der Waals surface area contributed by atoms with E-state index in [1.54, 1.807) is 0 Å². The number of amides is 6. The van der Waals surface area contributed by atoms with Crippen LogP contribution in [0.1, 0.15) is 66.0 Å². The van der Waals surface area contributed by atoms with E-state index in [2.05, 4.69) is 46.9 Å². The maximum absolute atomic E-state index is 13.3. The van der Waals surface area contributed by atoms with Gasteiger partial charge in [0.15, 0.2) is 5.96 Å². The number of H-pyrrole nitrogens is 1. The summed E-state index contributed by atoms with van der Waals surface area (Å²) in [5.74, 6) is -6.04. The number of nitrogens with zero attached hydrogens (tertiary/aromatic N) is 2. The number of carbonyl (C=O) groups is 7. The van der Waals surface area contributed by atoms with Gasteiger partial charge in [0.25, 0.3) is 0 Å². The van der Waals surface area contributed by atoms with Crippen molar-refractivity contribution in [2.24, 2.45) is 34.0 Å². The van der Waals surface area contributed by atoms with E-state index in [1.807, 2.05) is 27.7 Å². The van der Waals surface area contributed by atoms with Gasteiger partial charge in [-0.3, -0.25) is 33.8 Å². The van der Waals surface area contributed by atoms with Gasteiger partial charge in [0, 0.05) is 24.9 Å². The first-order valence-electron chi connectivity index (χ1n) is 17.2. The van der Waals surface area contributed by atoms with E-state index in [0.717, 1.165) is 0 Å². The summed E-state index contributed by atoms with van der Waals surface area (Å²) in [7, 11) is 0. The Hall–Kier alpha value is -5.31. The number of aromatic amines is 1. The van der Waals surface area contributed by atoms with Gasteiger partial charge >= 0.3 is 5.97 Å². The van der Waals surface area contributed by atoms with Crippen LogP contribution in [-0.4, -0.2) is 124 Å². The Morgan fingerprint density at radius 1 is 0.792 bits per heavy atom. The van der Waals surface area contributed by atoms with Gasteiger partial charge in [-0.1, -0.05) is 27.7 Å². The second-order valence-electron chi connectivity index (χ2n) is 13.4. The van der Waals surface area contributed by atoms with Crippen molar-refractivity contribution in [3.8, 4) is 0 Å². The fraction of sp³-hybridized carbons (Fsp3) is 0.656. The third kappa shape index (κ3) is 18.1. The molecule has 0 aliphatic heterocycles. The lowest BCUT2D eigenvalue weighted by atomic mass is 10.0. The zero-order chi connectivity index (χ0) is 40.2. The molecule has 0 fully saturated rings. The van der Waals surface area contributed by atoms with Gasteiger partial charge in [-0.15, -0.1) is 0 Å². The SMILES string of the molecule is CC(C)C[C@H](NC(=O)CNC(=O)[C@H](CC(C)C)NC(=O)[C@H](Cc1cnc[nH]1)NC(=O)[C@@H](N)CO)C(=O)N[C@@H](C)C(=O)N[C@@H](CCCN=C(N)N)C(=O)O. The number of carboxylic acid groups (broad SMARTS) is 1. The number of carbonyl (C=O) groups excluding carboxylic acids is 6. The molecular weight excluding hydrogens is 696 g/mol. The largest absolute Gasteiger partial charge is 0.480 e. The van der Waals surface area contributed by atoms with Crippen molar-refractivity contribution in [3.05, 3.63) is 18.2 Å². The average molecular weight is 753 g/mol. The van der Waals surface area contributed by atoms with Crippen LogP contribution in [0.4, 0.5) is 0 Å². The van der Waals surface area contributed by atoms with Gasteiger partial charge < -0.3 is 64.3 Å². The van der Waals surface area contributed by atoms with Crippen molar-refractivity contribution in [1.29, 1.82) is 0 Å². The Bertz CT molecular complexity index is 1400. The Balaban J connectivity index is 2.92. The number of rotatable bonds is 24. The average Bonchev–Trinajstić information content (AvgIpc) is 3.59. The van der Waals surface area contributed by atoms with Crippen LogP contribution in [0.15, 0.2) is 17.5 Å². The minimum atomic E-state index is -1.29. The number of aliphatic hydroxyl groups excluding tert-OH is 1. The predicted molar refractivity (Wildman–Crippen MR) is 192 cm³/mol. The van der Waals surface area contributed by atoms with Crippen LogP contribution in [0.25, 0.3) is 0 Å². The van der Waals surface area contributed by atoms with Crippen LogP contribution in [0.3, 0.4) is 0 Å². The van der Waals surface area contributed by atoms with E-state index in [-0.39, 0.29) is 56.4 Å².